The molecule has 0 radical (unpaired) electrons. The Morgan fingerprint density at radius 1 is 0.897 bits per heavy atom. The Morgan fingerprint density at radius 3 is 2.38 bits per heavy atom. The van der Waals surface area contributed by atoms with Crippen LogP contribution in [0.15, 0.2) is 66.9 Å². The predicted molar refractivity (Wildman–Crippen MR) is 259 cm³/mol. The Balaban J connectivity index is 0.753. The lowest BCUT2D eigenvalue weighted by Crippen LogP contribution is -2.54. The monoisotopic (exact) mass is 966 g/mol. The molecule has 3 aromatic carbocycles. The number of thiocarbonyl (C=S) groups is 1. The highest BCUT2D eigenvalue weighted by molar-refractivity contribution is 7.89. The van der Waals surface area contributed by atoms with E-state index in [1.165, 1.54) is 12.1 Å². The number of nitrogens with two attached hydrogens (primary N) is 1. The van der Waals surface area contributed by atoms with Crippen LogP contribution in [0.3, 0.4) is 0 Å². The van der Waals surface area contributed by atoms with E-state index in [9.17, 15) is 37.2 Å². The molecule has 4 aliphatic rings. The maximum atomic E-state index is 13.3. The summed E-state index contributed by atoms with van der Waals surface area (Å²) in [6, 6.07) is 17.6. The fourth-order valence-electron chi connectivity index (χ4n) is 9.54. The van der Waals surface area contributed by atoms with Crippen LogP contribution in [0.5, 0.6) is 5.75 Å². The van der Waals surface area contributed by atoms with Crippen molar-refractivity contribution in [1.29, 1.82) is 0 Å². The normalized spacial score (nSPS) is 18.5. The molecular weight excluding hydrogens is 909 g/mol. The topological polar surface area (TPSA) is 223 Å². The van der Waals surface area contributed by atoms with Crippen molar-refractivity contribution in [2.75, 3.05) is 45.9 Å². The molecule has 0 bridgehead atoms. The third-order valence-electron chi connectivity index (χ3n) is 13.4. The number of aromatic nitrogens is 1. The second-order valence-corrected chi connectivity index (χ2v) is 21.3. The molecule has 360 valence electrons. The van der Waals surface area contributed by atoms with Gasteiger partial charge in [-0.1, -0.05) is 61.5 Å². The smallest absolute Gasteiger partial charge is 0.266 e. The number of ether oxygens (including phenoxy) is 1. The molecule has 4 aliphatic heterocycles. The van der Waals surface area contributed by atoms with Gasteiger partial charge in [0, 0.05) is 80.0 Å². The molecule has 5 N–H and O–H groups in total. The zero-order valence-electron chi connectivity index (χ0n) is 38.3. The minimum absolute atomic E-state index is 0.00862. The number of fused-ring (bicyclic) bond motifs is 2. The van der Waals surface area contributed by atoms with Gasteiger partial charge in [-0.2, -0.15) is 0 Å². The predicted octanol–water partition coefficient (Wildman–Crippen LogP) is 4.02. The molecule has 19 heteroatoms. The number of carbonyl (C=O) groups excluding carboxylic acids is 6. The van der Waals surface area contributed by atoms with Crippen molar-refractivity contribution in [3.05, 3.63) is 89.1 Å². The van der Waals surface area contributed by atoms with Crippen molar-refractivity contribution in [1.82, 2.24) is 34.6 Å². The van der Waals surface area contributed by atoms with E-state index in [0.29, 0.717) is 57.1 Å². The molecular formula is C49H58N8O9S2. The summed E-state index contributed by atoms with van der Waals surface area (Å²) in [6.45, 7) is 7.10. The van der Waals surface area contributed by atoms with Crippen LogP contribution in [0.2, 0.25) is 0 Å². The van der Waals surface area contributed by atoms with E-state index in [1.807, 2.05) is 30.3 Å². The van der Waals surface area contributed by atoms with E-state index in [4.69, 9.17) is 22.7 Å². The second-order valence-electron chi connectivity index (χ2n) is 18.3. The summed E-state index contributed by atoms with van der Waals surface area (Å²) < 4.78 is 35.4. The van der Waals surface area contributed by atoms with Crippen LogP contribution in [-0.4, -0.2) is 125 Å². The number of piperidine rings is 2. The molecule has 0 saturated carbocycles. The number of benzene rings is 3. The first-order valence-electron chi connectivity index (χ1n) is 23.4. The second kappa shape index (κ2) is 20.7. The fourth-order valence-corrected chi connectivity index (χ4v) is 11.0. The van der Waals surface area contributed by atoms with Crippen molar-refractivity contribution >= 4 is 73.6 Å². The highest BCUT2D eigenvalue weighted by Crippen LogP contribution is 2.38. The van der Waals surface area contributed by atoms with Crippen LogP contribution in [0.4, 0.5) is 0 Å². The van der Waals surface area contributed by atoms with E-state index in [2.05, 4.69) is 43.7 Å². The van der Waals surface area contributed by atoms with Crippen LogP contribution in [0.25, 0.3) is 22.0 Å². The molecule has 1 atom stereocenters. The first-order chi connectivity index (χ1) is 32.6. The molecule has 3 fully saturated rings. The van der Waals surface area contributed by atoms with Crippen molar-refractivity contribution in [2.45, 2.75) is 89.1 Å². The van der Waals surface area contributed by atoms with Crippen LogP contribution in [0, 0.1) is 5.92 Å². The molecule has 0 spiro atoms. The minimum atomic E-state index is -3.34. The van der Waals surface area contributed by atoms with Gasteiger partial charge in [-0.3, -0.25) is 39.0 Å². The van der Waals surface area contributed by atoms with Gasteiger partial charge in [-0.15, -0.1) is 0 Å². The van der Waals surface area contributed by atoms with Crippen molar-refractivity contribution in [3.63, 3.8) is 0 Å². The maximum absolute atomic E-state index is 13.3. The summed E-state index contributed by atoms with van der Waals surface area (Å²) in [5.41, 5.74) is 10.9. The Kier molecular flexibility index (Phi) is 14.7. The fraction of sp³-hybridized carbons (Fsp3) is 0.449. The lowest BCUT2D eigenvalue weighted by atomic mass is 9.98. The van der Waals surface area contributed by atoms with Crippen LogP contribution in [0.1, 0.15) is 103 Å². The number of amides is 6. The van der Waals surface area contributed by atoms with E-state index in [-0.39, 0.29) is 60.1 Å². The molecule has 0 aliphatic carbocycles. The number of nitrogens with zero attached hydrogens (tertiary/aromatic N) is 4. The Labute approximate surface area is 401 Å². The molecule has 8 rings (SSSR count). The molecule has 3 saturated heterocycles. The number of imide groups is 2. The summed E-state index contributed by atoms with van der Waals surface area (Å²) in [4.78, 5) is 79.6. The first-order valence-corrected chi connectivity index (χ1v) is 25.3. The van der Waals surface area contributed by atoms with Gasteiger partial charge in [0.25, 0.3) is 17.7 Å². The van der Waals surface area contributed by atoms with E-state index >= 15 is 0 Å². The minimum Gasteiger partial charge on any atom is -0.483 e. The Bertz CT molecular complexity index is 2760. The average molecular weight is 967 g/mol. The number of carbonyl (C=O) groups is 6. The van der Waals surface area contributed by atoms with Crippen molar-refractivity contribution in [2.24, 2.45) is 11.7 Å². The number of hydrogen-bond donors (Lipinski definition) is 4. The van der Waals surface area contributed by atoms with Gasteiger partial charge in [0.15, 0.2) is 6.61 Å². The van der Waals surface area contributed by atoms with Crippen LogP contribution in [-0.2, 0) is 35.7 Å². The molecule has 1 unspecified atom stereocenters. The van der Waals surface area contributed by atoms with Gasteiger partial charge < -0.3 is 30.6 Å². The standard InChI is InChI=1S/C49H58N8O9S2/c1-30(2)68(64,65)55-21-17-35(18-22-55)56-28-38(32-9-7-10-33(24-32)45(50)67)36-14-13-31(23-40(36)56)25-52-46(60)34-26-54(27-34)20-6-4-3-5-19-51-43(59)29-66-41-12-8-11-37-44(41)49(63)57(48(37)62)39-15-16-42(58)53-47(39)61/h7-14,23-24,28,30,34-35,39H,3-6,15-22,25-27,29H2,1-2H3,(H2,50,67)(H,51,59)(H,52,60)(H,53,58,61). The van der Waals surface area contributed by atoms with E-state index < -0.39 is 44.9 Å². The third kappa shape index (κ3) is 10.4. The number of likely N-dealkylation sites (tertiary alicyclic amines) is 1. The summed E-state index contributed by atoms with van der Waals surface area (Å²) >= 11 is 5.27. The molecule has 17 nitrogen and oxygen atoms in total. The molecule has 4 aromatic rings. The van der Waals surface area contributed by atoms with Crippen LogP contribution >= 0.6 is 12.2 Å². The lowest BCUT2D eigenvalue weighted by molar-refractivity contribution is -0.136. The van der Waals surface area contributed by atoms with Crippen LogP contribution < -0.4 is 26.4 Å². The largest absolute Gasteiger partial charge is 0.483 e. The van der Waals surface area contributed by atoms with Gasteiger partial charge in [0.1, 0.15) is 16.8 Å². The number of rotatable bonds is 19. The third-order valence-corrected chi connectivity index (χ3v) is 15.9. The van der Waals surface area contributed by atoms with Gasteiger partial charge in [-0.25, -0.2) is 12.7 Å². The molecule has 5 heterocycles. The van der Waals surface area contributed by atoms with Gasteiger partial charge in [0.05, 0.1) is 22.3 Å². The Hall–Kier alpha value is -6.02. The van der Waals surface area contributed by atoms with Crippen molar-refractivity contribution in [3.8, 4) is 16.9 Å². The average Bonchev–Trinajstić information content (AvgIpc) is 3.81. The van der Waals surface area contributed by atoms with E-state index in [1.54, 1.807) is 24.2 Å². The van der Waals surface area contributed by atoms with Gasteiger partial charge in [0.2, 0.25) is 27.7 Å². The number of sulfonamides is 1. The van der Waals surface area contributed by atoms with Gasteiger partial charge >= 0.3 is 0 Å². The Morgan fingerprint density at radius 2 is 1.65 bits per heavy atom. The van der Waals surface area contributed by atoms with Crippen molar-refractivity contribution < 1.29 is 41.9 Å². The molecule has 6 amide bonds. The summed E-state index contributed by atoms with van der Waals surface area (Å²) in [7, 11) is -3.34. The maximum Gasteiger partial charge on any atom is 0.266 e. The lowest BCUT2D eigenvalue weighted by Gasteiger charge is -2.38. The number of nitrogens with one attached hydrogen (secondary N) is 3. The first kappa shape index (κ1) is 48.4. The summed E-state index contributed by atoms with van der Waals surface area (Å²) in [6.07, 6.45) is 7.16. The zero-order chi connectivity index (χ0) is 48.3. The summed E-state index contributed by atoms with van der Waals surface area (Å²) in [5.74, 6) is -2.88. The number of hydrogen-bond acceptors (Lipinski definition) is 11. The quantitative estimate of drug-likeness (QED) is 0.0595. The highest BCUT2D eigenvalue weighted by atomic mass is 32.2. The SMILES string of the molecule is CC(C)S(=O)(=O)N1CCC(n2cc(-c3cccc(C(N)=S)c3)c3ccc(CNC(=O)C4CN(CCCCCCNC(=O)COc5cccc6c5C(=O)N(C5CCC(=O)NC5=O)C6=O)C4)cc32)CC1. The molecule has 68 heavy (non-hydrogen) atoms. The van der Waals surface area contributed by atoms with E-state index in [0.717, 1.165) is 70.3 Å². The van der Waals surface area contributed by atoms with Gasteiger partial charge in [-0.05, 0) is 87.9 Å². The number of unbranched alkanes of at least 4 members (excludes halogenated alkanes) is 3. The molecule has 1 aromatic heterocycles. The summed E-state index contributed by atoms with van der Waals surface area (Å²) in [5, 5.41) is 8.74. The zero-order valence-corrected chi connectivity index (χ0v) is 40.0. The highest BCUT2D eigenvalue weighted by Gasteiger charge is 2.46.